The van der Waals surface area contributed by atoms with Crippen molar-refractivity contribution in [3.8, 4) is 0 Å². The SMILES string of the molecule is CC1(C)COCCN1CC(C)(C)N1CCNCC1. The number of morpholine rings is 1. The lowest BCUT2D eigenvalue weighted by Gasteiger charge is -2.49. The summed E-state index contributed by atoms with van der Waals surface area (Å²) in [6.07, 6.45) is 0. The average molecular weight is 255 g/mol. The Morgan fingerprint density at radius 2 is 1.83 bits per heavy atom. The molecule has 2 saturated heterocycles. The van der Waals surface area contributed by atoms with Crippen molar-refractivity contribution in [2.24, 2.45) is 0 Å². The van der Waals surface area contributed by atoms with E-state index in [1.165, 1.54) is 0 Å². The molecule has 0 radical (unpaired) electrons. The van der Waals surface area contributed by atoms with Crippen LogP contribution in [0, 0.1) is 0 Å². The molecule has 0 aromatic heterocycles. The predicted molar refractivity (Wildman–Crippen MR) is 75.0 cm³/mol. The lowest BCUT2D eigenvalue weighted by atomic mass is 9.95. The minimum absolute atomic E-state index is 0.170. The number of hydrogen-bond donors (Lipinski definition) is 1. The van der Waals surface area contributed by atoms with Gasteiger partial charge in [0.1, 0.15) is 0 Å². The van der Waals surface area contributed by atoms with Crippen LogP contribution in [0.5, 0.6) is 0 Å². The molecule has 2 heterocycles. The van der Waals surface area contributed by atoms with Crippen LogP contribution in [0.15, 0.2) is 0 Å². The molecule has 2 aliphatic rings. The lowest BCUT2D eigenvalue weighted by molar-refractivity contribution is -0.0728. The number of rotatable bonds is 3. The second-order valence-corrected chi connectivity index (χ2v) is 6.84. The molecule has 2 aliphatic heterocycles. The predicted octanol–water partition coefficient (Wildman–Crippen LogP) is 0.781. The van der Waals surface area contributed by atoms with E-state index < -0.39 is 0 Å². The fourth-order valence-corrected chi connectivity index (χ4v) is 3.02. The Labute approximate surface area is 112 Å². The third kappa shape index (κ3) is 3.23. The molecule has 0 aromatic rings. The van der Waals surface area contributed by atoms with E-state index in [1.54, 1.807) is 0 Å². The van der Waals surface area contributed by atoms with E-state index in [0.29, 0.717) is 0 Å². The fraction of sp³-hybridized carbons (Fsp3) is 1.00. The third-order valence-corrected chi connectivity index (χ3v) is 4.37. The van der Waals surface area contributed by atoms with Crippen molar-refractivity contribution in [3.05, 3.63) is 0 Å². The summed E-state index contributed by atoms with van der Waals surface area (Å²) >= 11 is 0. The topological polar surface area (TPSA) is 27.7 Å². The van der Waals surface area contributed by atoms with Crippen molar-refractivity contribution < 1.29 is 4.74 Å². The van der Waals surface area contributed by atoms with Gasteiger partial charge in [0.05, 0.1) is 13.2 Å². The molecular formula is C14H29N3O. The van der Waals surface area contributed by atoms with Gasteiger partial charge in [0.25, 0.3) is 0 Å². The summed E-state index contributed by atoms with van der Waals surface area (Å²) in [6, 6.07) is 0. The second kappa shape index (κ2) is 5.45. The van der Waals surface area contributed by atoms with E-state index >= 15 is 0 Å². The van der Waals surface area contributed by atoms with Crippen LogP contribution in [0.3, 0.4) is 0 Å². The van der Waals surface area contributed by atoms with Crippen LogP contribution in [0.25, 0.3) is 0 Å². The van der Waals surface area contributed by atoms with Crippen LogP contribution in [-0.2, 0) is 4.74 Å². The number of hydrogen-bond acceptors (Lipinski definition) is 4. The molecule has 2 fully saturated rings. The van der Waals surface area contributed by atoms with Gasteiger partial charge in [-0.25, -0.2) is 0 Å². The van der Waals surface area contributed by atoms with E-state index in [9.17, 15) is 0 Å². The van der Waals surface area contributed by atoms with E-state index in [2.05, 4.69) is 42.8 Å². The maximum absolute atomic E-state index is 5.61. The van der Waals surface area contributed by atoms with Crippen molar-refractivity contribution >= 4 is 0 Å². The molecule has 0 amide bonds. The summed E-state index contributed by atoms with van der Waals surface area (Å²) in [6.45, 7) is 17.8. The van der Waals surface area contributed by atoms with Crippen LogP contribution in [0.1, 0.15) is 27.7 Å². The van der Waals surface area contributed by atoms with E-state index in [1.807, 2.05) is 0 Å². The van der Waals surface area contributed by atoms with Crippen LogP contribution in [0.2, 0.25) is 0 Å². The first-order valence-corrected chi connectivity index (χ1v) is 7.20. The highest BCUT2D eigenvalue weighted by Crippen LogP contribution is 2.24. The van der Waals surface area contributed by atoms with Crippen molar-refractivity contribution in [3.63, 3.8) is 0 Å². The zero-order chi connectivity index (χ0) is 13.2. The Morgan fingerprint density at radius 3 is 2.44 bits per heavy atom. The van der Waals surface area contributed by atoms with Gasteiger partial charge in [0.2, 0.25) is 0 Å². The third-order valence-electron chi connectivity index (χ3n) is 4.37. The minimum Gasteiger partial charge on any atom is -0.378 e. The lowest BCUT2D eigenvalue weighted by Crippen LogP contribution is -2.62. The molecule has 0 atom stereocenters. The number of nitrogens with one attached hydrogen (secondary N) is 1. The Morgan fingerprint density at radius 1 is 1.17 bits per heavy atom. The molecule has 4 nitrogen and oxygen atoms in total. The van der Waals surface area contributed by atoms with Crippen molar-refractivity contribution in [2.45, 2.75) is 38.8 Å². The highest BCUT2D eigenvalue weighted by atomic mass is 16.5. The van der Waals surface area contributed by atoms with E-state index in [-0.39, 0.29) is 11.1 Å². The molecule has 18 heavy (non-hydrogen) atoms. The number of ether oxygens (including phenoxy) is 1. The van der Waals surface area contributed by atoms with Gasteiger partial charge in [-0.05, 0) is 27.7 Å². The summed E-state index contributed by atoms with van der Waals surface area (Å²) in [7, 11) is 0. The standard InChI is InChI=1S/C14H29N3O/c1-13(2,16-7-5-15-6-8-16)11-17-9-10-18-12-14(17,3)4/h15H,5-12H2,1-4H3. The molecule has 1 N–H and O–H groups in total. The molecule has 0 saturated carbocycles. The molecule has 2 rings (SSSR count). The fourth-order valence-electron chi connectivity index (χ4n) is 3.02. The van der Waals surface area contributed by atoms with Gasteiger partial charge in [-0.3, -0.25) is 9.80 Å². The van der Waals surface area contributed by atoms with E-state index in [0.717, 1.165) is 52.5 Å². The Bertz CT molecular complexity index is 272. The van der Waals surface area contributed by atoms with Crippen LogP contribution in [-0.4, -0.2) is 73.4 Å². The van der Waals surface area contributed by atoms with Gasteiger partial charge in [0, 0.05) is 50.3 Å². The first-order valence-electron chi connectivity index (χ1n) is 7.20. The first kappa shape index (κ1) is 14.3. The van der Waals surface area contributed by atoms with Gasteiger partial charge in [-0.1, -0.05) is 0 Å². The van der Waals surface area contributed by atoms with Crippen LogP contribution >= 0.6 is 0 Å². The monoisotopic (exact) mass is 255 g/mol. The summed E-state index contributed by atoms with van der Waals surface area (Å²) in [4.78, 5) is 5.22. The number of piperazine rings is 1. The summed E-state index contributed by atoms with van der Waals surface area (Å²) in [5.41, 5.74) is 0.417. The molecule has 0 aromatic carbocycles. The summed E-state index contributed by atoms with van der Waals surface area (Å²) < 4.78 is 5.61. The second-order valence-electron chi connectivity index (χ2n) is 6.84. The smallest absolute Gasteiger partial charge is 0.0645 e. The molecule has 0 aliphatic carbocycles. The zero-order valence-electron chi connectivity index (χ0n) is 12.5. The Hall–Kier alpha value is -0.160. The molecule has 0 unspecified atom stereocenters. The summed E-state index contributed by atoms with van der Waals surface area (Å²) in [5.74, 6) is 0. The maximum Gasteiger partial charge on any atom is 0.0645 e. The average Bonchev–Trinajstić information content (AvgIpc) is 2.33. The Balaban J connectivity index is 1.97. The maximum atomic E-state index is 5.61. The first-order chi connectivity index (χ1) is 8.42. The Kier molecular flexibility index (Phi) is 4.32. The van der Waals surface area contributed by atoms with Crippen LogP contribution < -0.4 is 5.32 Å². The highest BCUT2D eigenvalue weighted by Gasteiger charge is 2.37. The molecular weight excluding hydrogens is 226 g/mol. The molecule has 4 heteroatoms. The number of nitrogens with zero attached hydrogens (tertiary/aromatic N) is 2. The molecule has 0 spiro atoms. The van der Waals surface area contributed by atoms with Gasteiger partial charge in [-0.2, -0.15) is 0 Å². The van der Waals surface area contributed by atoms with Gasteiger partial charge < -0.3 is 10.1 Å². The normalized spacial score (nSPS) is 27.3. The van der Waals surface area contributed by atoms with Gasteiger partial charge >= 0.3 is 0 Å². The van der Waals surface area contributed by atoms with E-state index in [4.69, 9.17) is 4.74 Å². The van der Waals surface area contributed by atoms with Crippen LogP contribution in [0.4, 0.5) is 0 Å². The van der Waals surface area contributed by atoms with Crippen molar-refractivity contribution in [2.75, 3.05) is 52.5 Å². The zero-order valence-corrected chi connectivity index (χ0v) is 12.5. The minimum atomic E-state index is 0.170. The summed E-state index contributed by atoms with van der Waals surface area (Å²) in [5, 5.41) is 3.43. The van der Waals surface area contributed by atoms with Crippen molar-refractivity contribution in [1.29, 1.82) is 0 Å². The highest BCUT2D eigenvalue weighted by molar-refractivity contribution is 4.93. The largest absolute Gasteiger partial charge is 0.378 e. The quantitative estimate of drug-likeness (QED) is 0.806. The van der Waals surface area contributed by atoms with Gasteiger partial charge in [-0.15, -0.1) is 0 Å². The molecule has 106 valence electrons. The van der Waals surface area contributed by atoms with Gasteiger partial charge in [0.15, 0.2) is 0 Å². The molecule has 0 bridgehead atoms. The van der Waals surface area contributed by atoms with Crippen molar-refractivity contribution in [1.82, 2.24) is 15.1 Å².